The summed E-state index contributed by atoms with van der Waals surface area (Å²) in [6.45, 7) is 7.00. The minimum Gasteiger partial charge on any atom is -0.368 e. The summed E-state index contributed by atoms with van der Waals surface area (Å²) in [5.74, 6) is 1.27. The summed E-state index contributed by atoms with van der Waals surface area (Å²) < 4.78 is 32.0. The molecule has 1 saturated heterocycles. The fraction of sp³-hybridized carbons (Fsp3) is 0.375. The van der Waals surface area contributed by atoms with Gasteiger partial charge in [0.15, 0.2) is 22.7 Å². The van der Waals surface area contributed by atoms with Crippen LogP contribution in [0.5, 0.6) is 5.75 Å². The van der Waals surface area contributed by atoms with Crippen LogP contribution in [-0.4, -0.2) is 38.8 Å². The van der Waals surface area contributed by atoms with Crippen LogP contribution in [0, 0.1) is 5.41 Å². The molecule has 4 aromatic rings. The maximum atomic E-state index is 12.6. The summed E-state index contributed by atoms with van der Waals surface area (Å²) >= 11 is 0. The number of imidazole rings is 1. The van der Waals surface area contributed by atoms with Crippen molar-refractivity contribution in [3.8, 4) is 5.75 Å². The quantitative estimate of drug-likeness (QED) is 0.323. The van der Waals surface area contributed by atoms with E-state index < -0.39 is 8.25 Å². The number of hydrogen-bond acceptors (Lipinski definition) is 9. The topological polar surface area (TPSA) is 126 Å². The minimum atomic E-state index is -2.37. The zero-order chi connectivity index (χ0) is 24.6. The smallest absolute Gasteiger partial charge is 0.368 e. The molecule has 0 aliphatic carbocycles. The van der Waals surface area contributed by atoms with E-state index in [1.807, 2.05) is 47.9 Å². The SMILES string of the molecule is CCNc1nc(N)nc2c1ncn2[C@@H]1O[C@H](CO[P+](=O)Oc2cccc3ccccc23)CC1(C)C. The number of rotatable bonds is 8. The second-order valence-electron chi connectivity index (χ2n) is 9.18. The normalized spacial score (nSPS) is 19.8. The summed E-state index contributed by atoms with van der Waals surface area (Å²) in [6.07, 6.45) is 1.74. The number of hydrogen-bond donors (Lipinski definition) is 2. The van der Waals surface area contributed by atoms with Crippen molar-refractivity contribution in [2.45, 2.75) is 39.5 Å². The van der Waals surface area contributed by atoms with Crippen LogP contribution in [0.4, 0.5) is 11.8 Å². The van der Waals surface area contributed by atoms with E-state index in [0.717, 1.165) is 10.8 Å². The molecule has 1 fully saturated rings. The van der Waals surface area contributed by atoms with Crippen LogP contribution in [0.2, 0.25) is 0 Å². The summed E-state index contributed by atoms with van der Waals surface area (Å²) in [7, 11) is -2.37. The highest BCUT2D eigenvalue weighted by Crippen LogP contribution is 2.46. The van der Waals surface area contributed by atoms with Crippen molar-refractivity contribution in [3.63, 3.8) is 0 Å². The lowest BCUT2D eigenvalue weighted by atomic mass is 9.87. The minimum absolute atomic E-state index is 0.131. The Kier molecular flexibility index (Phi) is 6.27. The molecular weight excluding hydrogens is 467 g/mol. The molecule has 3 N–H and O–H groups in total. The van der Waals surface area contributed by atoms with Gasteiger partial charge in [0.05, 0.1) is 12.4 Å². The molecule has 11 heteroatoms. The molecule has 0 amide bonds. The maximum absolute atomic E-state index is 12.6. The van der Waals surface area contributed by atoms with Crippen molar-refractivity contribution in [3.05, 3.63) is 48.8 Å². The van der Waals surface area contributed by atoms with Crippen molar-refractivity contribution in [1.82, 2.24) is 19.5 Å². The summed E-state index contributed by atoms with van der Waals surface area (Å²) in [5.41, 5.74) is 6.91. The number of nitrogens with two attached hydrogens (primary N) is 1. The van der Waals surface area contributed by atoms with Gasteiger partial charge in [-0.3, -0.25) is 4.57 Å². The number of fused-ring (bicyclic) bond motifs is 2. The van der Waals surface area contributed by atoms with Gasteiger partial charge in [0.25, 0.3) is 0 Å². The lowest BCUT2D eigenvalue weighted by molar-refractivity contribution is -0.0414. The predicted molar refractivity (Wildman–Crippen MR) is 134 cm³/mol. The Balaban J connectivity index is 1.29. The summed E-state index contributed by atoms with van der Waals surface area (Å²) in [6, 6.07) is 13.4. The average molecular weight is 496 g/mol. The first-order valence-electron chi connectivity index (χ1n) is 11.5. The van der Waals surface area contributed by atoms with Gasteiger partial charge in [0, 0.05) is 21.9 Å². The van der Waals surface area contributed by atoms with Crippen molar-refractivity contribution in [2.24, 2.45) is 5.41 Å². The number of anilines is 2. The Hall–Kier alpha value is -3.33. The third-order valence-corrected chi connectivity index (χ3v) is 6.77. The Morgan fingerprint density at radius 3 is 2.86 bits per heavy atom. The number of nitrogens with one attached hydrogen (secondary N) is 1. The molecule has 0 saturated carbocycles. The number of benzene rings is 2. The Morgan fingerprint density at radius 2 is 2.03 bits per heavy atom. The average Bonchev–Trinajstić information content (AvgIpc) is 3.37. The van der Waals surface area contributed by atoms with Crippen LogP contribution in [0.3, 0.4) is 0 Å². The van der Waals surface area contributed by atoms with Crippen LogP contribution in [0.15, 0.2) is 48.8 Å². The van der Waals surface area contributed by atoms with Gasteiger partial charge >= 0.3 is 8.25 Å². The van der Waals surface area contributed by atoms with Gasteiger partial charge in [-0.05, 0) is 24.8 Å². The van der Waals surface area contributed by atoms with Gasteiger partial charge in [-0.1, -0.05) is 50.2 Å². The molecule has 35 heavy (non-hydrogen) atoms. The lowest BCUT2D eigenvalue weighted by Gasteiger charge is -2.26. The van der Waals surface area contributed by atoms with Gasteiger partial charge in [-0.15, -0.1) is 4.52 Å². The summed E-state index contributed by atoms with van der Waals surface area (Å²) in [4.78, 5) is 13.2. The lowest BCUT2D eigenvalue weighted by Crippen LogP contribution is -2.22. The molecule has 0 spiro atoms. The summed E-state index contributed by atoms with van der Waals surface area (Å²) in [5, 5.41) is 5.06. The van der Waals surface area contributed by atoms with Crippen molar-refractivity contribution in [2.75, 3.05) is 24.2 Å². The molecule has 1 unspecified atom stereocenters. The van der Waals surface area contributed by atoms with E-state index in [1.54, 1.807) is 12.4 Å². The predicted octanol–water partition coefficient (Wildman–Crippen LogP) is 5.06. The van der Waals surface area contributed by atoms with Crippen LogP contribution in [-0.2, 0) is 13.8 Å². The maximum Gasteiger partial charge on any atom is 0.750 e. The van der Waals surface area contributed by atoms with Crippen LogP contribution >= 0.6 is 8.25 Å². The zero-order valence-corrected chi connectivity index (χ0v) is 20.7. The molecule has 3 atom stereocenters. The highest BCUT2D eigenvalue weighted by molar-refractivity contribution is 7.33. The van der Waals surface area contributed by atoms with Crippen molar-refractivity contribution >= 4 is 42.0 Å². The van der Waals surface area contributed by atoms with Gasteiger partial charge in [0.1, 0.15) is 12.8 Å². The van der Waals surface area contributed by atoms with Gasteiger partial charge in [-0.25, -0.2) is 9.51 Å². The number of ether oxygens (including phenoxy) is 1. The standard InChI is InChI=1S/C24H28N6O4P/c1-4-26-20-19-21(29-23(25)28-20)30(14-27-19)22-24(2,3)12-16(33-22)13-32-35(31)34-18-11-7-9-15-8-5-6-10-17(15)18/h5-11,14,16,22H,4,12-13H2,1-3H3,(H3,25,26,28,29)/q+1/t16-,22+/m0/s1. The molecule has 2 aromatic heterocycles. The molecule has 0 radical (unpaired) electrons. The Labute approximate surface area is 203 Å². The number of nitrogen functional groups attached to an aromatic ring is 1. The van der Waals surface area contributed by atoms with E-state index in [1.165, 1.54) is 0 Å². The Bertz CT molecular complexity index is 1390. The van der Waals surface area contributed by atoms with E-state index in [-0.39, 0.29) is 30.3 Å². The monoisotopic (exact) mass is 495 g/mol. The largest absolute Gasteiger partial charge is 0.750 e. The molecule has 5 rings (SSSR count). The van der Waals surface area contributed by atoms with E-state index in [0.29, 0.717) is 35.7 Å². The zero-order valence-electron chi connectivity index (χ0n) is 19.8. The second kappa shape index (κ2) is 9.37. The molecule has 182 valence electrons. The van der Waals surface area contributed by atoms with Crippen LogP contribution < -0.4 is 15.6 Å². The highest BCUT2D eigenvalue weighted by Gasteiger charge is 2.45. The number of aromatic nitrogens is 4. The van der Waals surface area contributed by atoms with E-state index in [2.05, 4.69) is 34.1 Å². The fourth-order valence-electron chi connectivity index (χ4n) is 4.56. The van der Waals surface area contributed by atoms with Gasteiger partial charge < -0.3 is 15.8 Å². The fourth-order valence-corrected chi connectivity index (χ4v) is 5.22. The third-order valence-electron chi connectivity index (χ3n) is 6.07. The number of nitrogens with zero attached hydrogens (tertiary/aromatic N) is 4. The molecule has 3 heterocycles. The first-order valence-corrected chi connectivity index (χ1v) is 12.6. The molecule has 2 aromatic carbocycles. The van der Waals surface area contributed by atoms with Crippen molar-refractivity contribution < 1.29 is 18.3 Å². The molecule has 0 bridgehead atoms. The molecule has 1 aliphatic heterocycles. The first-order chi connectivity index (χ1) is 16.9. The van der Waals surface area contributed by atoms with Gasteiger partial charge in [0.2, 0.25) is 5.95 Å². The molecule has 10 nitrogen and oxygen atoms in total. The van der Waals surface area contributed by atoms with E-state index >= 15 is 0 Å². The van der Waals surface area contributed by atoms with Crippen LogP contribution in [0.1, 0.15) is 33.4 Å². The second-order valence-corrected chi connectivity index (χ2v) is 10.1. The van der Waals surface area contributed by atoms with E-state index in [9.17, 15) is 4.57 Å². The first kappa shape index (κ1) is 23.4. The molecular formula is C24H28N6O4P+. The van der Waals surface area contributed by atoms with Crippen LogP contribution in [0.25, 0.3) is 21.9 Å². The Morgan fingerprint density at radius 1 is 1.23 bits per heavy atom. The van der Waals surface area contributed by atoms with Crippen molar-refractivity contribution in [1.29, 1.82) is 0 Å². The molecule has 1 aliphatic rings. The van der Waals surface area contributed by atoms with Gasteiger partial charge in [-0.2, -0.15) is 9.97 Å². The van der Waals surface area contributed by atoms with E-state index in [4.69, 9.17) is 19.5 Å². The highest BCUT2D eigenvalue weighted by atomic mass is 31.1. The third kappa shape index (κ3) is 4.65.